The van der Waals surface area contributed by atoms with Crippen LogP contribution < -0.4 is 5.32 Å². The van der Waals surface area contributed by atoms with Crippen LogP contribution in [0.15, 0.2) is 12.7 Å². The third-order valence-corrected chi connectivity index (χ3v) is 4.77. The fourth-order valence-electron chi connectivity index (χ4n) is 3.74. The topological polar surface area (TPSA) is 15.3 Å². The third-order valence-electron chi connectivity index (χ3n) is 4.77. The zero-order chi connectivity index (χ0) is 12.8. The zero-order valence-corrected chi connectivity index (χ0v) is 12.0. The van der Waals surface area contributed by atoms with Gasteiger partial charge in [0.15, 0.2) is 0 Å². The Balaban J connectivity index is 1.89. The summed E-state index contributed by atoms with van der Waals surface area (Å²) in [5.74, 6) is 0.925. The molecule has 2 fully saturated rings. The normalized spacial score (nSPS) is 31.4. The van der Waals surface area contributed by atoms with Gasteiger partial charge in [-0.3, -0.25) is 4.90 Å². The monoisotopic (exact) mass is 250 g/mol. The maximum atomic E-state index is 3.92. The molecule has 2 unspecified atom stereocenters. The van der Waals surface area contributed by atoms with Crippen molar-refractivity contribution in [2.24, 2.45) is 5.92 Å². The van der Waals surface area contributed by atoms with Crippen LogP contribution in [0.3, 0.4) is 0 Å². The Hall–Kier alpha value is -0.340. The molecule has 0 aromatic rings. The number of piperazine rings is 1. The lowest BCUT2D eigenvalue weighted by atomic mass is 9.82. The van der Waals surface area contributed by atoms with E-state index in [2.05, 4.69) is 29.8 Å². The first-order valence-electron chi connectivity index (χ1n) is 7.93. The number of rotatable bonds is 5. The first-order valence-corrected chi connectivity index (χ1v) is 7.93. The predicted molar refractivity (Wildman–Crippen MR) is 78.8 cm³/mol. The van der Waals surface area contributed by atoms with Crippen molar-refractivity contribution in [2.45, 2.75) is 64.0 Å². The Bertz CT molecular complexity index is 245. The van der Waals surface area contributed by atoms with Crippen molar-refractivity contribution in [2.75, 3.05) is 19.6 Å². The summed E-state index contributed by atoms with van der Waals surface area (Å²) in [6, 6.07) is 1.46. The number of nitrogens with one attached hydrogen (secondary N) is 1. The van der Waals surface area contributed by atoms with Crippen molar-refractivity contribution < 1.29 is 0 Å². The van der Waals surface area contributed by atoms with Gasteiger partial charge in [-0.05, 0) is 25.2 Å². The molecule has 2 heteroatoms. The molecule has 1 saturated heterocycles. The highest BCUT2D eigenvalue weighted by molar-refractivity contribution is 4.92. The van der Waals surface area contributed by atoms with Crippen LogP contribution >= 0.6 is 0 Å². The van der Waals surface area contributed by atoms with Crippen LogP contribution in [0.4, 0.5) is 0 Å². The summed E-state index contributed by atoms with van der Waals surface area (Å²) in [6.45, 7) is 9.70. The van der Waals surface area contributed by atoms with Gasteiger partial charge in [0.2, 0.25) is 0 Å². The highest BCUT2D eigenvalue weighted by Gasteiger charge is 2.31. The SMILES string of the molecule is C=CCN1CC(C2CCCCC2)NCC1CCC. The molecule has 2 aliphatic rings. The van der Waals surface area contributed by atoms with Gasteiger partial charge in [-0.15, -0.1) is 6.58 Å². The van der Waals surface area contributed by atoms with Gasteiger partial charge in [-0.2, -0.15) is 0 Å². The molecule has 1 heterocycles. The van der Waals surface area contributed by atoms with E-state index >= 15 is 0 Å². The van der Waals surface area contributed by atoms with Gasteiger partial charge in [0, 0.05) is 31.7 Å². The van der Waals surface area contributed by atoms with Crippen LogP contribution in [-0.4, -0.2) is 36.6 Å². The van der Waals surface area contributed by atoms with E-state index in [-0.39, 0.29) is 0 Å². The van der Waals surface area contributed by atoms with E-state index in [1.165, 1.54) is 58.0 Å². The second kappa shape index (κ2) is 7.30. The summed E-state index contributed by atoms with van der Waals surface area (Å²) < 4.78 is 0. The van der Waals surface area contributed by atoms with Gasteiger partial charge in [0.1, 0.15) is 0 Å². The van der Waals surface area contributed by atoms with Crippen molar-refractivity contribution in [3.05, 3.63) is 12.7 Å². The average molecular weight is 250 g/mol. The Morgan fingerprint density at radius 1 is 1.28 bits per heavy atom. The Morgan fingerprint density at radius 3 is 2.72 bits per heavy atom. The molecular weight excluding hydrogens is 220 g/mol. The Labute approximate surface area is 113 Å². The molecule has 1 N–H and O–H groups in total. The molecule has 0 radical (unpaired) electrons. The molecule has 1 aliphatic carbocycles. The minimum atomic E-state index is 0.729. The summed E-state index contributed by atoms with van der Waals surface area (Å²) in [4.78, 5) is 2.66. The second-order valence-corrected chi connectivity index (χ2v) is 6.10. The summed E-state index contributed by atoms with van der Waals surface area (Å²) in [6.07, 6.45) is 11.9. The molecule has 0 spiro atoms. The zero-order valence-electron chi connectivity index (χ0n) is 12.0. The highest BCUT2D eigenvalue weighted by Crippen LogP contribution is 2.28. The van der Waals surface area contributed by atoms with Crippen molar-refractivity contribution in [3.63, 3.8) is 0 Å². The molecule has 2 rings (SSSR count). The molecule has 104 valence electrons. The quantitative estimate of drug-likeness (QED) is 0.754. The second-order valence-electron chi connectivity index (χ2n) is 6.10. The van der Waals surface area contributed by atoms with Crippen LogP contribution in [0.1, 0.15) is 51.9 Å². The predicted octanol–water partition coefficient (Wildman–Crippen LogP) is 3.20. The van der Waals surface area contributed by atoms with Crippen LogP contribution in [0.2, 0.25) is 0 Å². The molecule has 2 nitrogen and oxygen atoms in total. The molecule has 0 aromatic heterocycles. The maximum Gasteiger partial charge on any atom is 0.0224 e. The first-order chi connectivity index (χ1) is 8.85. The van der Waals surface area contributed by atoms with Crippen LogP contribution in [0.5, 0.6) is 0 Å². The third kappa shape index (κ3) is 3.58. The summed E-state index contributed by atoms with van der Waals surface area (Å²) in [5, 5.41) is 3.84. The van der Waals surface area contributed by atoms with Crippen LogP contribution in [-0.2, 0) is 0 Å². The highest BCUT2D eigenvalue weighted by atomic mass is 15.2. The van der Waals surface area contributed by atoms with E-state index in [0.29, 0.717) is 0 Å². The number of nitrogens with zero attached hydrogens (tertiary/aromatic N) is 1. The number of hydrogen-bond acceptors (Lipinski definition) is 2. The van der Waals surface area contributed by atoms with Crippen molar-refractivity contribution in [1.29, 1.82) is 0 Å². The van der Waals surface area contributed by atoms with Crippen LogP contribution in [0, 0.1) is 5.92 Å². The molecular formula is C16H30N2. The molecule has 0 aromatic carbocycles. The fourth-order valence-corrected chi connectivity index (χ4v) is 3.74. The van der Waals surface area contributed by atoms with Gasteiger partial charge < -0.3 is 5.32 Å². The molecule has 1 saturated carbocycles. The lowest BCUT2D eigenvalue weighted by Crippen LogP contribution is -2.58. The molecule has 1 aliphatic heterocycles. The average Bonchev–Trinajstić information content (AvgIpc) is 2.42. The van der Waals surface area contributed by atoms with Gasteiger partial charge >= 0.3 is 0 Å². The Kier molecular flexibility index (Phi) is 5.71. The number of hydrogen-bond donors (Lipinski definition) is 1. The molecule has 18 heavy (non-hydrogen) atoms. The summed E-state index contributed by atoms with van der Waals surface area (Å²) >= 11 is 0. The van der Waals surface area contributed by atoms with Crippen LogP contribution in [0.25, 0.3) is 0 Å². The van der Waals surface area contributed by atoms with E-state index in [1.54, 1.807) is 0 Å². The summed E-state index contributed by atoms with van der Waals surface area (Å²) in [5.41, 5.74) is 0. The van der Waals surface area contributed by atoms with Crippen molar-refractivity contribution >= 4 is 0 Å². The van der Waals surface area contributed by atoms with Gasteiger partial charge in [-0.1, -0.05) is 38.7 Å². The van der Waals surface area contributed by atoms with E-state index in [1.807, 2.05) is 0 Å². The van der Waals surface area contributed by atoms with E-state index in [4.69, 9.17) is 0 Å². The van der Waals surface area contributed by atoms with Gasteiger partial charge in [0.05, 0.1) is 0 Å². The Morgan fingerprint density at radius 2 is 2.06 bits per heavy atom. The largest absolute Gasteiger partial charge is 0.311 e. The lowest BCUT2D eigenvalue weighted by Gasteiger charge is -2.43. The fraction of sp³-hybridized carbons (Fsp3) is 0.875. The lowest BCUT2D eigenvalue weighted by molar-refractivity contribution is 0.101. The molecule has 0 amide bonds. The van der Waals surface area contributed by atoms with E-state index in [0.717, 1.165) is 24.5 Å². The van der Waals surface area contributed by atoms with Crippen molar-refractivity contribution in [1.82, 2.24) is 10.2 Å². The first kappa shape index (κ1) is 14.1. The summed E-state index contributed by atoms with van der Waals surface area (Å²) in [7, 11) is 0. The molecule has 2 atom stereocenters. The maximum absolute atomic E-state index is 3.92. The van der Waals surface area contributed by atoms with E-state index in [9.17, 15) is 0 Å². The molecule has 0 bridgehead atoms. The van der Waals surface area contributed by atoms with Crippen molar-refractivity contribution in [3.8, 4) is 0 Å². The van der Waals surface area contributed by atoms with Gasteiger partial charge in [0.25, 0.3) is 0 Å². The van der Waals surface area contributed by atoms with Gasteiger partial charge in [-0.25, -0.2) is 0 Å². The minimum Gasteiger partial charge on any atom is -0.311 e. The smallest absolute Gasteiger partial charge is 0.0224 e. The van der Waals surface area contributed by atoms with E-state index < -0.39 is 0 Å². The standard InChI is InChI=1S/C16H30N2/c1-3-8-15-12-17-16(13-18(15)11-4-2)14-9-6-5-7-10-14/h4,14-17H,2-3,5-13H2,1H3. The minimum absolute atomic E-state index is 0.729.